The number of carbonyl (C=O) groups excluding carboxylic acids is 1. The average Bonchev–Trinajstić information content (AvgIpc) is 2.40. The zero-order chi connectivity index (χ0) is 13.0. The van der Waals surface area contributed by atoms with Crippen molar-refractivity contribution in [2.24, 2.45) is 5.92 Å². The summed E-state index contributed by atoms with van der Waals surface area (Å²) in [6.07, 6.45) is 4.07. The van der Waals surface area contributed by atoms with E-state index in [9.17, 15) is 4.79 Å². The summed E-state index contributed by atoms with van der Waals surface area (Å²) in [7, 11) is 1.87. The summed E-state index contributed by atoms with van der Waals surface area (Å²) in [5, 5.41) is 3.38. The maximum atomic E-state index is 12.2. The molecule has 0 bridgehead atoms. The third-order valence-electron chi connectivity index (χ3n) is 3.44. The van der Waals surface area contributed by atoms with E-state index in [0.29, 0.717) is 11.5 Å². The Morgan fingerprint density at radius 1 is 1.56 bits per heavy atom. The highest BCUT2D eigenvalue weighted by Gasteiger charge is 2.18. The van der Waals surface area contributed by atoms with Gasteiger partial charge in [-0.05, 0) is 50.9 Å². The van der Waals surface area contributed by atoms with Crippen LogP contribution in [0.4, 0.5) is 0 Å². The number of aryl methyl sites for hydroxylation is 1. The normalized spacial score (nSPS) is 19.6. The van der Waals surface area contributed by atoms with Crippen LogP contribution < -0.4 is 5.32 Å². The fourth-order valence-corrected chi connectivity index (χ4v) is 2.36. The molecule has 1 aliphatic heterocycles. The Kier molecular flexibility index (Phi) is 4.31. The number of amides is 1. The van der Waals surface area contributed by atoms with E-state index in [0.717, 1.165) is 25.3 Å². The third kappa shape index (κ3) is 3.29. The van der Waals surface area contributed by atoms with Crippen molar-refractivity contribution in [3.05, 3.63) is 29.6 Å². The van der Waals surface area contributed by atoms with Crippen molar-refractivity contribution >= 4 is 5.91 Å². The smallest absolute Gasteiger partial charge is 0.255 e. The number of piperidine rings is 1. The fraction of sp³-hybridized carbons (Fsp3) is 0.571. The molecule has 18 heavy (non-hydrogen) atoms. The van der Waals surface area contributed by atoms with Crippen molar-refractivity contribution in [1.82, 2.24) is 15.2 Å². The minimum atomic E-state index is 0.0630. The lowest BCUT2D eigenvalue weighted by Gasteiger charge is -2.27. The second kappa shape index (κ2) is 5.96. The zero-order valence-electron chi connectivity index (χ0n) is 11.1. The number of rotatable bonds is 3. The Morgan fingerprint density at radius 2 is 2.39 bits per heavy atom. The van der Waals surface area contributed by atoms with E-state index in [1.54, 1.807) is 6.20 Å². The SMILES string of the molecule is Cc1ccc(C(=O)N(C)CC2CCCNC2)cn1. The van der Waals surface area contributed by atoms with Crippen LogP contribution in [0.5, 0.6) is 0 Å². The van der Waals surface area contributed by atoms with Crippen LogP contribution in [0.15, 0.2) is 18.3 Å². The van der Waals surface area contributed by atoms with E-state index in [4.69, 9.17) is 0 Å². The fourth-order valence-electron chi connectivity index (χ4n) is 2.36. The van der Waals surface area contributed by atoms with Crippen molar-refractivity contribution < 1.29 is 4.79 Å². The van der Waals surface area contributed by atoms with Gasteiger partial charge < -0.3 is 10.2 Å². The van der Waals surface area contributed by atoms with Gasteiger partial charge in [-0.25, -0.2) is 0 Å². The molecule has 0 radical (unpaired) electrons. The van der Waals surface area contributed by atoms with E-state index in [1.165, 1.54) is 12.8 Å². The number of carbonyl (C=O) groups is 1. The summed E-state index contributed by atoms with van der Waals surface area (Å²) >= 11 is 0. The van der Waals surface area contributed by atoms with Gasteiger partial charge in [0.1, 0.15) is 0 Å². The number of nitrogens with zero attached hydrogens (tertiary/aromatic N) is 2. The van der Waals surface area contributed by atoms with E-state index in [2.05, 4.69) is 10.3 Å². The first kappa shape index (κ1) is 13.0. The van der Waals surface area contributed by atoms with Crippen molar-refractivity contribution in [3.63, 3.8) is 0 Å². The molecule has 1 aromatic rings. The molecule has 1 saturated heterocycles. The lowest BCUT2D eigenvalue weighted by Crippen LogP contribution is -2.39. The first-order chi connectivity index (χ1) is 8.66. The Balaban J connectivity index is 1.93. The lowest BCUT2D eigenvalue weighted by molar-refractivity contribution is 0.0764. The van der Waals surface area contributed by atoms with Gasteiger partial charge in [-0.2, -0.15) is 0 Å². The van der Waals surface area contributed by atoms with Crippen LogP contribution >= 0.6 is 0 Å². The number of nitrogens with one attached hydrogen (secondary N) is 1. The molecule has 2 heterocycles. The highest BCUT2D eigenvalue weighted by atomic mass is 16.2. The summed E-state index contributed by atoms with van der Waals surface area (Å²) in [4.78, 5) is 18.2. The van der Waals surface area contributed by atoms with Crippen molar-refractivity contribution in [2.75, 3.05) is 26.7 Å². The van der Waals surface area contributed by atoms with E-state index in [-0.39, 0.29) is 5.91 Å². The molecule has 1 aliphatic rings. The molecule has 1 unspecified atom stereocenters. The Bertz CT molecular complexity index is 396. The Morgan fingerprint density at radius 3 is 3.00 bits per heavy atom. The molecule has 98 valence electrons. The number of hydrogen-bond donors (Lipinski definition) is 1. The number of pyridine rings is 1. The molecule has 0 saturated carbocycles. The molecule has 1 fully saturated rings. The molecular weight excluding hydrogens is 226 g/mol. The van der Waals surface area contributed by atoms with Crippen LogP contribution in [-0.2, 0) is 0 Å². The van der Waals surface area contributed by atoms with E-state index in [1.807, 2.05) is 31.0 Å². The van der Waals surface area contributed by atoms with Crippen LogP contribution in [0.3, 0.4) is 0 Å². The van der Waals surface area contributed by atoms with E-state index >= 15 is 0 Å². The largest absolute Gasteiger partial charge is 0.341 e. The summed E-state index contributed by atoms with van der Waals surface area (Å²) in [6.45, 7) is 4.87. The first-order valence-corrected chi connectivity index (χ1v) is 6.55. The van der Waals surface area contributed by atoms with Gasteiger partial charge in [0.25, 0.3) is 5.91 Å². The average molecular weight is 247 g/mol. The molecule has 4 heteroatoms. The summed E-state index contributed by atoms with van der Waals surface area (Å²) < 4.78 is 0. The van der Waals surface area contributed by atoms with Crippen molar-refractivity contribution in [3.8, 4) is 0 Å². The minimum Gasteiger partial charge on any atom is -0.341 e. The van der Waals surface area contributed by atoms with Gasteiger partial charge in [-0.3, -0.25) is 9.78 Å². The third-order valence-corrected chi connectivity index (χ3v) is 3.44. The summed E-state index contributed by atoms with van der Waals surface area (Å²) in [5.41, 5.74) is 1.61. The quantitative estimate of drug-likeness (QED) is 0.879. The predicted octanol–water partition coefficient (Wildman–Crippen LogP) is 1.46. The van der Waals surface area contributed by atoms with Crippen molar-refractivity contribution in [2.45, 2.75) is 19.8 Å². The highest BCUT2D eigenvalue weighted by Crippen LogP contribution is 2.12. The van der Waals surface area contributed by atoms with Crippen LogP contribution in [0.2, 0.25) is 0 Å². The van der Waals surface area contributed by atoms with Crippen LogP contribution in [0, 0.1) is 12.8 Å². The topological polar surface area (TPSA) is 45.2 Å². The molecular formula is C14H21N3O. The second-order valence-electron chi connectivity index (χ2n) is 5.09. The maximum absolute atomic E-state index is 12.2. The minimum absolute atomic E-state index is 0.0630. The van der Waals surface area contributed by atoms with Crippen LogP contribution in [-0.4, -0.2) is 42.5 Å². The van der Waals surface area contributed by atoms with E-state index < -0.39 is 0 Å². The van der Waals surface area contributed by atoms with Crippen molar-refractivity contribution in [1.29, 1.82) is 0 Å². The molecule has 1 atom stereocenters. The molecule has 2 rings (SSSR count). The molecule has 0 aromatic carbocycles. The predicted molar refractivity (Wildman–Crippen MR) is 71.5 cm³/mol. The molecule has 0 aliphatic carbocycles. The lowest BCUT2D eigenvalue weighted by atomic mass is 9.99. The van der Waals surface area contributed by atoms with Crippen LogP contribution in [0.1, 0.15) is 28.9 Å². The number of aromatic nitrogens is 1. The van der Waals surface area contributed by atoms with Gasteiger partial charge in [0.2, 0.25) is 0 Å². The Labute approximate surface area is 108 Å². The second-order valence-corrected chi connectivity index (χ2v) is 5.09. The van der Waals surface area contributed by atoms with Gasteiger partial charge in [-0.1, -0.05) is 0 Å². The monoisotopic (exact) mass is 247 g/mol. The molecule has 1 aromatic heterocycles. The maximum Gasteiger partial charge on any atom is 0.255 e. The zero-order valence-corrected chi connectivity index (χ0v) is 11.1. The van der Waals surface area contributed by atoms with Gasteiger partial charge in [0.15, 0.2) is 0 Å². The summed E-state index contributed by atoms with van der Waals surface area (Å²) in [5.74, 6) is 0.638. The molecule has 4 nitrogen and oxygen atoms in total. The summed E-state index contributed by atoms with van der Waals surface area (Å²) in [6, 6.07) is 3.73. The van der Waals surface area contributed by atoms with Gasteiger partial charge >= 0.3 is 0 Å². The first-order valence-electron chi connectivity index (χ1n) is 6.55. The molecule has 1 amide bonds. The standard InChI is InChI=1S/C14H21N3O/c1-11-5-6-13(9-16-11)14(18)17(2)10-12-4-3-7-15-8-12/h5-6,9,12,15H,3-4,7-8,10H2,1-2H3. The van der Waals surface area contributed by atoms with Crippen LogP contribution in [0.25, 0.3) is 0 Å². The van der Waals surface area contributed by atoms with Gasteiger partial charge in [0, 0.05) is 25.5 Å². The molecule has 0 spiro atoms. The molecule has 1 N–H and O–H groups in total. The van der Waals surface area contributed by atoms with Gasteiger partial charge in [0.05, 0.1) is 5.56 Å². The highest BCUT2D eigenvalue weighted by molar-refractivity contribution is 5.93. The number of hydrogen-bond acceptors (Lipinski definition) is 3. The van der Waals surface area contributed by atoms with Gasteiger partial charge in [-0.15, -0.1) is 0 Å². The Hall–Kier alpha value is -1.42.